The third-order valence-corrected chi connectivity index (χ3v) is 0. The predicted molar refractivity (Wildman–Crippen MR) is 98.7 cm³/mol. The summed E-state index contributed by atoms with van der Waals surface area (Å²) in [7, 11) is -0.500. The fourth-order valence-corrected chi connectivity index (χ4v) is 0. The van der Waals surface area contributed by atoms with Crippen molar-refractivity contribution in [3.05, 3.63) is 6.55 Å². The zero-order valence-corrected chi connectivity index (χ0v) is 22.8. The molecule has 111 valence electrons. The van der Waals surface area contributed by atoms with E-state index < -0.39 is 8.07 Å². The molecule has 0 saturated carbocycles. The van der Waals surface area contributed by atoms with Gasteiger partial charge in [0, 0.05) is 52.2 Å². The summed E-state index contributed by atoms with van der Waals surface area (Å²) in [6.45, 7) is 31.0. The maximum Gasteiger partial charge on any atom is 0.0379 e. The van der Waals surface area contributed by atoms with Gasteiger partial charge in [-0.15, -0.1) is 8.07 Å². The van der Waals surface area contributed by atoms with Gasteiger partial charge in [0.25, 0.3) is 0 Å². The Balaban J connectivity index is -0.0000000412. The van der Waals surface area contributed by atoms with Crippen LogP contribution in [0.3, 0.4) is 0 Å². The van der Waals surface area contributed by atoms with Crippen molar-refractivity contribution >= 4 is 34.5 Å². The fourth-order valence-electron chi connectivity index (χ4n) is 0. The molecule has 0 heterocycles. The van der Waals surface area contributed by atoms with Crippen molar-refractivity contribution < 1.29 is 25.8 Å². The molecule has 0 nitrogen and oxygen atoms in total. The summed E-state index contributed by atoms with van der Waals surface area (Å²) in [4.78, 5) is 0. The molecule has 0 rings (SSSR count). The molecule has 3 radical (unpaired) electrons. The van der Waals surface area contributed by atoms with Crippen molar-refractivity contribution in [2.24, 2.45) is 0 Å². The van der Waals surface area contributed by atoms with Crippen LogP contribution >= 0.6 is 0 Å². The fraction of sp³-hybridized carbons (Fsp3) is 0.923. The monoisotopic (exact) mass is 486 g/mol. The Bertz CT molecular complexity index is 92.1. The van der Waals surface area contributed by atoms with Gasteiger partial charge in [-0.3, -0.25) is 0 Å². The average molecular weight is 485 g/mol. The van der Waals surface area contributed by atoms with Crippen molar-refractivity contribution in [1.29, 1.82) is 0 Å². The van der Waals surface area contributed by atoms with Crippen LogP contribution in [0.2, 0.25) is 78.6 Å². The van der Waals surface area contributed by atoms with E-state index >= 15 is 0 Å². The molecule has 0 amide bonds. The van der Waals surface area contributed by atoms with Crippen molar-refractivity contribution in [1.82, 2.24) is 0 Å². The predicted octanol–water partition coefficient (Wildman–Crippen LogP) is 5.81. The minimum Gasteiger partial charge on any atom is -0.342 e. The minimum absolute atomic E-state index is 0. The second kappa shape index (κ2) is 21.0. The molecule has 0 fully saturated rings. The molecule has 0 saturated heterocycles. The SMILES string of the molecule is C[Si](C)C.C[Si](C)C.C[Si](C)C.[CH2-][Si](C)(C)C.[Hf]. The van der Waals surface area contributed by atoms with Crippen LogP contribution in [0.4, 0.5) is 0 Å². The first-order valence-corrected chi connectivity index (χ1v) is 19.1. The smallest absolute Gasteiger partial charge is 0.0379 e. The first kappa shape index (κ1) is 31.9. The molecule has 0 aromatic carbocycles. The van der Waals surface area contributed by atoms with Gasteiger partial charge in [0.2, 0.25) is 0 Å². The summed E-state index contributed by atoms with van der Waals surface area (Å²) in [5.41, 5.74) is 0. The van der Waals surface area contributed by atoms with Crippen LogP contribution < -0.4 is 0 Å². The minimum atomic E-state index is -0.861. The molecule has 0 aliphatic carbocycles. The molecule has 0 aliphatic rings. The van der Waals surface area contributed by atoms with Crippen LogP contribution in [-0.2, 0) is 25.8 Å². The van der Waals surface area contributed by atoms with Crippen LogP contribution in [0.5, 0.6) is 0 Å². The Kier molecular flexibility index (Phi) is 37.3. The first-order chi connectivity index (χ1) is 7.20. The summed E-state index contributed by atoms with van der Waals surface area (Å²) in [5, 5.41) is 0. The maximum atomic E-state index is 3.91. The van der Waals surface area contributed by atoms with Gasteiger partial charge in [-0.1, -0.05) is 78.6 Å². The van der Waals surface area contributed by atoms with Crippen LogP contribution in [0.15, 0.2) is 0 Å². The summed E-state index contributed by atoms with van der Waals surface area (Å²) >= 11 is 0. The Morgan fingerprint density at radius 1 is 0.556 bits per heavy atom. The molecule has 5 heteroatoms. The topological polar surface area (TPSA) is 0 Å². The molecule has 18 heavy (non-hydrogen) atoms. The van der Waals surface area contributed by atoms with Gasteiger partial charge in [-0.05, 0) is 0 Å². The summed E-state index contributed by atoms with van der Waals surface area (Å²) in [5.74, 6) is 0. The summed E-state index contributed by atoms with van der Waals surface area (Å²) in [6, 6.07) is 0. The second-order valence-corrected chi connectivity index (χ2v) is 21.2. The van der Waals surface area contributed by atoms with E-state index in [1.165, 1.54) is 0 Å². The Morgan fingerprint density at radius 2 is 0.556 bits per heavy atom. The van der Waals surface area contributed by atoms with Gasteiger partial charge in [-0.25, -0.2) is 0 Å². The molecule has 0 spiro atoms. The quantitative estimate of drug-likeness (QED) is 0.300. The van der Waals surface area contributed by atoms with Gasteiger partial charge in [0.15, 0.2) is 0 Å². The molecule has 0 unspecified atom stereocenters. The molecule has 0 N–H and O–H groups in total. The van der Waals surface area contributed by atoms with E-state index in [4.69, 9.17) is 0 Å². The van der Waals surface area contributed by atoms with Crippen LogP contribution in [-0.4, -0.2) is 34.5 Å². The molecular weight excluding hydrogens is 447 g/mol. The second-order valence-electron chi connectivity index (χ2n) is 7.06. The maximum absolute atomic E-state index is 3.91. The Morgan fingerprint density at radius 3 is 0.556 bits per heavy atom. The Labute approximate surface area is 144 Å². The number of rotatable bonds is 0. The van der Waals surface area contributed by atoms with Crippen LogP contribution in [0.25, 0.3) is 0 Å². The molecule has 0 atom stereocenters. The normalized spacial score (nSPS) is 9.33. The van der Waals surface area contributed by atoms with Crippen molar-refractivity contribution in [3.8, 4) is 0 Å². The van der Waals surface area contributed by atoms with E-state index in [0.29, 0.717) is 0 Å². The van der Waals surface area contributed by atoms with E-state index in [1.54, 1.807) is 0 Å². The molecule has 0 aromatic heterocycles. The van der Waals surface area contributed by atoms with Gasteiger partial charge in [0.05, 0.1) is 0 Å². The van der Waals surface area contributed by atoms with Crippen molar-refractivity contribution in [2.75, 3.05) is 0 Å². The van der Waals surface area contributed by atoms with E-state index in [-0.39, 0.29) is 52.2 Å². The molecular formula is C13H38HfSi4-. The van der Waals surface area contributed by atoms with Crippen LogP contribution in [0.1, 0.15) is 0 Å². The Hall–Kier alpha value is 1.74. The standard InChI is InChI=1S/C4H11Si.3C3H9Si.Hf/c1-5(2,3)4;3*1-4(2)3;/h1H2,2-4H3;3*1-3H3;/q-1;;;;. The largest absolute Gasteiger partial charge is 0.342 e. The molecule has 0 bridgehead atoms. The number of hydrogen-bond acceptors (Lipinski definition) is 0. The van der Waals surface area contributed by atoms with Crippen LogP contribution in [0, 0.1) is 6.55 Å². The van der Waals surface area contributed by atoms with E-state index in [0.717, 1.165) is 0 Å². The van der Waals surface area contributed by atoms with Crippen molar-refractivity contribution in [3.63, 3.8) is 0 Å². The van der Waals surface area contributed by atoms with Gasteiger partial charge >= 0.3 is 0 Å². The van der Waals surface area contributed by atoms with Crippen molar-refractivity contribution in [2.45, 2.75) is 78.6 Å². The van der Waals surface area contributed by atoms with E-state index in [2.05, 4.69) is 85.1 Å². The molecule has 0 aromatic rings. The third kappa shape index (κ3) is 1650. The zero-order valence-electron chi connectivity index (χ0n) is 15.2. The van der Waals surface area contributed by atoms with E-state index in [1.807, 2.05) is 0 Å². The number of hydrogen-bond donors (Lipinski definition) is 0. The third-order valence-electron chi connectivity index (χ3n) is 0. The van der Waals surface area contributed by atoms with Gasteiger partial charge in [0.1, 0.15) is 0 Å². The molecule has 0 aliphatic heterocycles. The zero-order chi connectivity index (χ0) is 15.2. The summed E-state index contributed by atoms with van der Waals surface area (Å²) in [6.07, 6.45) is 0. The summed E-state index contributed by atoms with van der Waals surface area (Å²) < 4.78 is 0. The average Bonchev–Trinajstić information content (AvgIpc) is 1.73. The van der Waals surface area contributed by atoms with Gasteiger partial charge < -0.3 is 6.55 Å². The first-order valence-electron chi connectivity index (χ1n) is 6.35. The van der Waals surface area contributed by atoms with E-state index in [9.17, 15) is 0 Å². The van der Waals surface area contributed by atoms with Gasteiger partial charge in [-0.2, -0.15) is 0 Å².